The summed E-state index contributed by atoms with van der Waals surface area (Å²) in [6.45, 7) is 3.09. The lowest BCUT2D eigenvalue weighted by Crippen LogP contribution is -2.18. The number of benzene rings is 2. The fraction of sp³-hybridized carbons (Fsp3) is 0.346. The van der Waals surface area contributed by atoms with Crippen molar-refractivity contribution in [2.45, 2.75) is 45.1 Å². The average molecular weight is 445 g/mol. The van der Waals surface area contributed by atoms with Crippen molar-refractivity contribution in [1.82, 2.24) is 14.5 Å². The molecule has 2 aromatic carbocycles. The number of aryl methyl sites for hydroxylation is 1. The molecule has 0 radical (unpaired) electrons. The summed E-state index contributed by atoms with van der Waals surface area (Å²) in [7, 11) is 0. The Kier molecular flexibility index (Phi) is 5.96. The van der Waals surface area contributed by atoms with Crippen molar-refractivity contribution in [2.75, 3.05) is 18.9 Å². The summed E-state index contributed by atoms with van der Waals surface area (Å²) < 4.78 is 13.0. The first-order chi connectivity index (χ1) is 16.2. The number of nitrogens with two attached hydrogens (primary N) is 1. The summed E-state index contributed by atoms with van der Waals surface area (Å²) in [5, 5.41) is 0. The highest BCUT2D eigenvalue weighted by Crippen LogP contribution is 2.32. The summed E-state index contributed by atoms with van der Waals surface area (Å²) in [6, 6.07) is 15.8. The molecular formula is C26H28N4O3. The molecule has 1 aliphatic rings. The van der Waals surface area contributed by atoms with Gasteiger partial charge in [-0.1, -0.05) is 37.6 Å². The smallest absolute Gasteiger partial charge is 0.344 e. The fourth-order valence-electron chi connectivity index (χ4n) is 4.33. The number of anilines is 1. The van der Waals surface area contributed by atoms with Crippen LogP contribution in [0.25, 0.3) is 27.9 Å². The average Bonchev–Trinajstić information content (AvgIpc) is 3.45. The number of para-hydroxylation sites is 2. The summed E-state index contributed by atoms with van der Waals surface area (Å²) in [5.41, 5.74) is 11.3. The Balaban J connectivity index is 1.59. The molecule has 1 fully saturated rings. The molecular weight excluding hydrogens is 416 g/mol. The van der Waals surface area contributed by atoms with E-state index in [0.717, 1.165) is 43.3 Å². The highest BCUT2D eigenvalue weighted by Gasteiger charge is 2.27. The minimum Gasteiger partial charge on any atom is -0.459 e. The quantitative estimate of drug-likeness (QED) is 0.410. The van der Waals surface area contributed by atoms with E-state index in [1.54, 1.807) is 4.57 Å². The van der Waals surface area contributed by atoms with E-state index in [0.29, 0.717) is 23.3 Å². The number of hydrogen-bond donors (Lipinski definition) is 1. The van der Waals surface area contributed by atoms with E-state index in [1.807, 2.05) is 36.4 Å². The summed E-state index contributed by atoms with van der Waals surface area (Å²) in [4.78, 5) is 22.7. The zero-order valence-electron chi connectivity index (χ0n) is 18.8. The van der Waals surface area contributed by atoms with Crippen LogP contribution >= 0.6 is 0 Å². The van der Waals surface area contributed by atoms with Crippen molar-refractivity contribution in [3.63, 3.8) is 0 Å². The van der Waals surface area contributed by atoms with Gasteiger partial charge in [-0.3, -0.25) is 4.57 Å². The maximum atomic E-state index is 13.2. The van der Waals surface area contributed by atoms with Crippen molar-refractivity contribution in [2.24, 2.45) is 0 Å². The zero-order chi connectivity index (χ0) is 22.8. The third-order valence-corrected chi connectivity index (χ3v) is 6.14. The van der Waals surface area contributed by atoms with Gasteiger partial charge in [0.25, 0.3) is 0 Å². The molecule has 0 bridgehead atoms. The molecule has 0 saturated carbocycles. The van der Waals surface area contributed by atoms with E-state index in [2.05, 4.69) is 19.1 Å². The first kappa shape index (κ1) is 21.4. The minimum atomic E-state index is -0.504. The van der Waals surface area contributed by atoms with Gasteiger partial charge >= 0.3 is 5.97 Å². The van der Waals surface area contributed by atoms with E-state index in [9.17, 15) is 4.79 Å². The first-order valence-corrected chi connectivity index (χ1v) is 11.6. The SMILES string of the molecule is CCCCc1ccc(-n2c(N)c(C(=O)OCC3CCCO3)c3nc4ccccc4nc32)cc1. The molecule has 2 N–H and O–H groups in total. The Morgan fingerprint density at radius 2 is 1.91 bits per heavy atom. The second kappa shape index (κ2) is 9.19. The number of carbonyl (C=O) groups is 1. The molecule has 1 atom stereocenters. The molecule has 3 heterocycles. The number of rotatable bonds is 7. The predicted octanol–water partition coefficient (Wildman–Crippen LogP) is 4.83. The molecule has 0 amide bonds. The standard InChI is InChI=1S/C26H28N4O3/c1-2-3-7-17-11-13-18(14-12-17)30-24(27)22(26(31)33-16-19-8-6-15-32-19)23-25(30)29-21-10-5-4-9-20(21)28-23/h4-5,9-14,19H,2-3,6-8,15-16,27H2,1H3. The molecule has 2 aromatic heterocycles. The Morgan fingerprint density at radius 1 is 1.15 bits per heavy atom. The number of nitrogens with zero attached hydrogens (tertiary/aromatic N) is 3. The Labute approximate surface area is 192 Å². The molecule has 1 saturated heterocycles. The largest absolute Gasteiger partial charge is 0.459 e. The van der Waals surface area contributed by atoms with Gasteiger partial charge in [0, 0.05) is 12.3 Å². The number of aromatic nitrogens is 3. The van der Waals surface area contributed by atoms with Gasteiger partial charge < -0.3 is 15.2 Å². The summed E-state index contributed by atoms with van der Waals surface area (Å²) in [6.07, 6.45) is 5.13. The topological polar surface area (TPSA) is 92.3 Å². The molecule has 5 rings (SSSR count). The van der Waals surface area contributed by atoms with Crippen LogP contribution in [-0.2, 0) is 15.9 Å². The maximum Gasteiger partial charge on any atom is 0.344 e. The highest BCUT2D eigenvalue weighted by atomic mass is 16.6. The minimum absolute atomic E-state index is 0.0638. The van der Waals surface area contributed by atoms with Gasteiger partial charge in [-0.05, 0) is 55.5 Å². The number of esters is 1. The van der Waals surface area contributed by atoms with Gasteiger partial charge in [0.1, 0.15) is 23.5 Å². The molecule has 0 spiro atoms. The van der Waals surface area contributed by atoms with Gasteiger partial charge in [0.2, 0.25) is 0 Å². The molecule has 170 valence electrons. The third kappa shape index (κ3) is 4.16. The number of hydrogen-bond acceptors (Lipinski definition) is 6. The summed E-state index contributed by atoms with van der Waals surface area (Å²) in [5.74, 6) is -0.227. The van der Waals surface area contributed by atoms with Crippen LogP contribution in [0.5, 0.6) is 0 Å². The molecule has 33 heavy (non-hydrogen) atoms. The molecule has 1 aliphatic heterocycles. The molecule has 7 nitrogen and oxygen atoms in total. The lowest BCUT2D eigenvalue weighted by Gasteiger charge is -2.11. The fourth-order valence-corrected chi connectivity index (χ4v) is 4.33. The summed E-state index contributed by atoms with van der Waals surface area (Å²) >= 11 is 0. The zero-order valence-corrected chi connectivity index (χ0v) is 18.8. The van der Waals surface area contributed by atoms with Gasteiger partial charge in [0.15, 0.2) is 5.65 Å². The van der Waals surface area contributed by atoms with Gasteiger partial charge in [-0.15, -0.1) is 0 Å². The van der Waals surface area contributed by atoms with Gasteiger partial charge in [0.05, 0.1) is 17.1 Å². The number of nitrogen functional groups attached to an aromatic ring is 1. The van der Waals surface area contributed by atoms with Crippen molar-refractivity contribution >= 4 is 34.0 Å². The lowest BCUT2D eigenvalue weighted by molar-refractivity contribution is 0.0163. The monoisotopic (exact) mass is 444 g/mol. The molecule has 4 aromatic rings. The van der Waals surface area contributed by atoms with Crippen LogP contribution in [-0.4, -0.2) is 39.8 Å². The second-order valence-electron chi connectivity index (χ2n) is 8.48. The Bertz CT molecular complexity index is 1290. The van der Waals surface area contributed by atoms with Crippen LogP contribution < -0.4 is 5.73 Å². The Morgan fingerprint density at radius 3 is 2.61 bits per heavy atom. The number of ether oxygens (including phenoxy) is 2. The lowest BCUT2D eigenvalue weighted by atomic mass is 10.1. The van der Waals surface area contributed by atoms with E-state index in [4.69, 9.17) is 25.2 Å². The number of carbonyl (C=O) groups excluding carboxylic acids is 1. The van der Waals surface area contributed by atoms with E-state index >= 15 is 0 Å². The van der Waals surface area contributed by atoms with Crippen LogP contribution in [0.2, 0.25) is 0 Å². The van der Waals surface area contributed by atoms with E-state index in [-0.39, 0.29) is 24.1 Å². The van der Waals surface area contributed by atoms with Crippen LogP contribution in [0.4, 0.5) is 5.82 Å². The molecule has 1 unspecified atom stereocenters. The van der Waals surface area contributed by atoms with Crippen LogP contribution in [0.3, 0.4) is 0 Å². The number of fused-ring (bicyclic) bond motifs is 2. The van der Waals surface area contributed by atoms with E-state index < -0.39 is 5.97 Å². The predicted molar refractivity (Wildman–Crippen MR) is 129 cm³/mol. The van der Waals surface area contributed by atoms with Crippen molar-refractivity contribution in [1.29, 1.82) is 0 Å². The number of unbranched alkanes of at least 4 members (excludes halogenated alkanes) is 1. The van der Waals surface area contributed by atoms with Crippen LogP contribution in [0.15, 0.2) is 48.5 Å². The van der Waals surface area contributed by atoms with Crippen molar-refractivity contribution < 1.29 is 14.3 Å². The van der Waals surface area contributed by atoms with Crippen LogP contribution in [0.1, 0.15) is 48.5 Å². The van der Waals surface area contributed by atoms with Crippen molar-refractivity contribution in [3.8, 4) is 5.69 Å². The Hall–Kier alpha value is -3.45. The van der Waals surface area contributed by atoms with E-state index in [1.165, 1.54) is 5.56 Å². The normalized spacial score (nSPS) is 16.0. The van der Waals surface area contributed by atoms with Gasteiger partial charge in [-0.2, -0.15) is 0 Å². The molecule has 0 aliphatic carbocycles. The van der Waals surface area contributed by atoms with Crippen molar-refractivity contribution in [3.05, 3.63) is 59.7 Å². The highest BCUT2D eigenvalue weighted by molar-refractivity contribution is 6.09. The third-order valence-electron chi connectivity index (χ3n) is 6.14. The molecule has 7 heteroatoms. The first-order valence-electron chi connectivity index (χ1n) is 11.6. The maximum absolute atomic E-state index is 13.2. The van der Waals surface area contributed by atoms with Gasteiger partial charge in [-0.25, -0.2) is 14.8 Å². The van der Waals surface area contributed by atoms with Crippen LogP contribution in [0, 0.1) is 0 Å². The second-order valence-corrected chi connectivity index (χ2v) is 8.48.